The molecule has 1 aromatic carbocycles. The molecular weight excluding hydrogens is 336 g/mol. The molecule has 0 fully saturated rings. The largest absolute Gasteiger partial charge is 0.416 e. The summed E-state index contributed by atoms with van der Waals surface area (Å²) >= 11 is 0. The third kappa shape index (κ3) is 4.52. The summed E-state index contributed by atoms with van der Waals surface area (Å²) in [6.07, 6.45) is -7.98. The highest BCUT2D eigenvalue weighted by Crippen LogP contribution is 2.39. The van der Waals surface area contributed by atoms with E-state index in [1.165, 1.54) is 6.08 Å². The summed E-state index contributed by atoms with van der Waals surface area (Å²) in [5.41, 5.74) is -3.27. The van der Waals surface area contributed by atoms with E-state index in [0.29, 0.717) is 24.3 Å². The molecule has 24 heavy (non-hydrogen) atoms. The summed E-state index contributed by atoms with van der Waals surface area (Å²) in [5, 5.41) is 2.53. The van der Waals surface area contributed by atoms with Crippen LogP contribution in [-0.2, 0) is 17.1 Å². The molecule has 2 nitrogen and oxygen atoms in total. The second-order valence-electron chi connectivity index (χ2n) is 6.57. The Morgan fingerprint density at radius 3 is 1.83 bits per heavy atom. The Hall–Kier alpha value is -1.99. The number of hydrogen-bond donors (Lipinski definition) is 1. The zero-order valence-corrected chi connectivity index (χ0v) is 12.9. The van der Waals surface area contributed by atoms with E-state index < -0.39 is 28.9 Å². The van der Waals surface area contributed by atoms with Gasteiger partial charge in [0.05, 0.1) is 11.1 Å². The van der Waals surface area contributed by atoms with Gasteiger partial charge in [-0.3, -0.25) is 4.79 Å². The number of anilines is 1. The SMILES string of the molecule is CC1(C)CC(=O)C=C(Nc2cc(C(F)(F)F)cc(C(F)(F)F)c2)C1. The number of benzene rings is 1. The van der Waals surface area contributed by atoms with Crippen molar-refractivity contribution in [1.29, 1.82) is 0 Å². The number of hydrogen-bond acceptors (Lipinski definition) is 2. The van der Waals surface area contributed by atoms with Gasteiger partial charge < -0.3 is 5.32 Å². The summed E-state index contributed by atoms with van der Waals surface area (Å²) in [7, 11) is 0. The first-order valence-corrected chi connectivity index (χ1v) is 7.06. The Morgan fingerprint density at radius 1 is 0.917 bits per heavy atom. The van der Waals surface area contributed by atoms with E-state index in [9.17, 15) is 31.1 Å². The highest BCUT2D eigenvalue weighted by atomic mass is 19.4. The van der Waals surface area contributed by atoms with Crippen LogP contribution in [0.25, 0.3) is 0 Å². The second kappa shape index (κ2) is 5.82. The van der Waals surface area contributed by atoms with Gasteiger partial charge in [-0.05, 0) is 30.0 Å². The molecule has 0 bridgehead atoms. The maximum atomic E-state index is 12.8. The first kappa shape index (κ1) is 18.4. The minimum absolute atomic E-state index is 0.0650. The molecule has 0 saturated carbocycles. The first-order chi connectivity index (χ1) is 10.8. The van der Waals surface area contributed by atoms with Crippen LogP contribution in [0.5, 0.6) is 0 Å². The van der Waals surface area contributed by atoms with Gasteiger partial charge in [0.1, 0.15) is 0 Å². The smallest absolute Gasteiger partial charge is 0.359 e. The lowest BCUT2D eigenvalue weighted by atomic mass is 9.79. The van der Waals surface area contributed by atoms with Gasteiger partial charge in [0, 0.05) is 23.9 Å². The summed E-state index contributed by atoms with van der Waals surface area (Å²) in [4.78, 5) is 11.7. The standard InChI is InChI=1S/C16H15F6NO/c1-14(2)7-12(6-13(24)8-14)23-11-4-9(15(17,18)19)3-10(5-11)16(20,21)22/h3-6,23H,7-8H2,1-2H3. The normalized spacial score (nSPS) is 18.3. The zero-order chi connectivity index (χ0) is 18.3. The van der Waals surface area contributed by atoms with Crippen LogP contribution in [0.15, 0.2) is 30.0 Å². The fraction of sp³-hybridized carbons (Fsp3) is 0.438. The number of nitrogens with one attached hydrogen (secondary N) is 1. The first-order valence-electron chi connectivity index (χ1n) is 7.06. The Labute approximate surface area is 134 Å². The summed E-state index contributed by atoms with van der Waals surface area (Å²) in [5.74, 6) is -0.225. The Bertz CT molecular complexity index is 653. The minimum atomic E-state index is -4.91. The molecular formula is C16H15F6NO. The number of carbonyl (C=O) groups is 1. The predicted molar refractivity (Wildman–Crippen MR) is 76.2 cm³/mol. The van der Waals surface area contributed by atoms with Crippen molar-refractivity contribution in [3.05, 3.63) is 41.1 Å². The van der Waals surface area contributed by atoms with E-state index in [4.69, 9.17) is 0 Å². The van der Waals surface area contributed by atoms with Crippen molar-refractivity contribution in [2.75, 3.05) is 5.32 Å². The number of ketones is 1. The van der Waals surface area contributed by atoms with Crippen LogP contribution < -0.4 is 5.32 Å². The Morgan fingerprint density at radius 2 is 1.42 bits per heavy atom. The van der Waals surface area contributed by atoms with Gasteiger partial charge in [0.2, 0.25) is 0 Å². The highest BCUT2D eigenvalue weighted by Gasteiger charge is 2.37. The molecule has 0 aromatic heterocycles. The number of carbonyl (C=O) groups excluding carboxylic acids is 1. The third-order valence-corrected chi connectivity index (χ3v) is 3.55. The third-order valence-electron chi connectivity index (χ3n) is 3.55. The van der Waals surface area contributed by atoms with Crippen molar-refractivity contribution in [2.45, 2.75) is 39.0 Å². The van der Waals surface area contributed by atoms with E-state index in [0.717, 1.165) is 0 Å². The number of halogens is 6. The van der Waals surface area contributed by atoms with E-state index in [1.54, 1.807) is 13.8 Å². The fourth-order valence-electron chi connectivity index (χ4n) is 2.64. The molecule has 0 atom stereocenters. The lowest BCUT2D eigenvalue weighted by Crippen LogP contribution is -2.24. The molecule has 0 spiro atoms. The van der Waals surface area contributed by atoms with E-state index in [1.807, 2.05) is 0 Å². The average molecular weight is 351 g/mol. The topological polar surface area (TPSA) is 29.1 Å². The van der Waals surface area contributed by atoms with Crippen LogP contribution in [0.2, 0.25) is 0 Å². The average Bonchev–Trinajstić information content (AvgIpc) is 2.33. The van der Waals surface area contributed by atoms with Gasteiger partial charge in [-0.25, -0.2) is 0 Å². The van der Waals surface area contributed by atoms with Crippen LogP contribution in [0.1, 0.15) is 37.8 Å². The fourth-order valence-corrected chi connectivity index (χ4v) is 2.64. The number of rotatable bonds is 2. The van der Waals surface area contributed by atoms with Crippen molar-refractivity contribution < 1.29 is 31.1 Å². The van der Waals surface area contributed by atoms with Gasteiger partial charge in [0.15, 0.2) is 5.78 Å². The maximum absolute atomic E-state index is 12.8. The van der Waals surface area contributed by atoms with Crippen LogP contribution in [0.3, 0.4) is 0 Å². The van der Waals surface area contributed by atoms with Crippen LogP contribution in [-0.4, -0.2) is 5.78 Å². The summed E-state index contributed by atoms with van der Waals surface area (Å²) < 4.78 is 77.0. The lowest BCUT2D eigenvalue weighted by Gasteiger charge is -2.29. The van der Waals surface area contributed by atoms with Gasteiger partial charge in [0.25, 0.3) is 0 Å². The van der Waals surface area contributed by atoms with E-state index in [2.05, 4.69) is 5.32 Å². The van der Waals surface area contributed by atoms with E-state index >= 15 is 0 Å². The molecule has 2 rings (SSSR count). The van der Waals surface area contributed by atoms with Crippen molar-refractivity contribution in [3.63, 3.8) is 0 Å². The van der Waals surface area contributed by atoms with Crippen LogP contribution in [0, 0.1) is 5.41 Å². The minimum Gasteiger partial charge on any atom is -0.359 e. The number of alkyl halides is 6. The van der Waals surface area contributed by atoms with Gasteiger partial charge in [-0.1, -0.05) is 13.8 Å². The highest BCUT2D eigenvalue weighted by molar-refractivity contribution is 5.92. The van der Waals surface area contributed by atoms with Crippen molar-refractivity contribution >= 4 is 11.5 Å². The molecule has 132 valence electrons. The van der Waals surface area contributed by atoms with Crippen molar-refractivity contribution in [1.82, 2.24) is 0 Å². The zero-order valence-electron chi connectivity index (χ0n) is 12.9. The Balaban J connectivity index is 2.41. The molecule has 8 heteroatoms. The molecule has 0 saturated heterocycles. The quantitative estimate of drug-likeness (QED) is 0.722. The molecule has 0 amide bonds. The molecule has 0 aliphatic heterocycles. The Kier molecular flexibility index (Phi) is 4.45. The number of allylic oxidation sites excluding steroid dienone is 2. The molecule has 0 radical (unpaired) electrons. The molecule has 1 aliphatic rings. The molecule has 0 heterocycles. The lowest BCUT2D eigenvalue weighted by molar-refractivity contribution is -0.143. The second-order valence-corrected chi connectivity index (χ2v) is 6.57. The molecule has 0 unspecified atom stereocenters. The molecule has 1 N–H and O–H groups in total. The van der Waals surface area contributed by atoms with Crippen LogP contribution in [0.4, 0.5) is 32.0 Å². The van der Waals surface area contributed by atoms with E-state index in [-0.39, 0.29) is 24.0 Å². The molecule has 1 aromatic rings. The van der Waals surface area contributed by atoms with Gasteiger partial charge in [-0.15, -0.1) is 0 Å². The van der Waals surface area contributed by atoms with Gasteiger partial charge >= 0.3 is 12.4 Å². The van der Waals surface area contributed by atoms with Gasteiger partial charge in [-0.2, -0.15) is 26.3 Å². The predicted octanol–water partition coefficient (Wildman–Crippen LogP) is 5.41. The van der Waals surface area contributed by atoms with Crippen molar-refractivity contribution in [3.8, 4) is 0 Å². The summed E-state index contributed by atoms with van der Waals surface area (Å²) in [6, 6.07) is 1.26. The monoisotopic (exact) mass is 351 g/mol. The maximum Gasteiger partial charge on any atom is 0.416 e. The molecule has 1 aliphatic carbocycles. The van der Waals surface area contributed by atoms with Crippen LogP contribution >= 0.6 is 0 Å². The summed E-state index contributed by atoms with van der Waals surface area (Å²) in [6.45, 7) is 3.60. The van der Waals surface area contributed by atoms with Crippen molar-refractivity contribution in [2.24, 2.45) is 5.41 Å².